The molecule has 0 saturated carbocycles. The normalized spacial score (nSPS) is 10.6. The number of carbonyl (C=O) groups is 2. The molecule has 0 spiro atoms. The van der Waals surface area contributed by atoms with Crippen LogP contribution in [0.2, 0.25) is 0 Å². The van der Waals surface area contributed by atoms with Gasteiger partial charge in [-0.1, -0.05) is 0 Å². The predicted molar refractivity (Wildman–Crippen MR) is 82.8 cm³/mol. The summed E-state index contributed by atoms with van der Waals surface area (Å²) in [7, 11) is 1.25. The summed E-state index contributed by atoms with van der Waals surface area (Å²) >= 11 is 0. The molecule has 1 aromatic carbocycles. The molecule has 1 N–H and O–H groups in total. The summed E-state index contributed by atoms with van der Waals surface area (Å²) in [5.74, 6) is -1.43. The number of oxazole rings is 1. The highest BCUT2D eigenvalue weighted by Gasteiger charge is 2.15. The molecule has 3 aromatic rings. The first kappa shape index (κ1) is 15.6. The van der Waals surface area contributed by atoms with Gasteiger partial charge in [0.05, 0.1) is 12.8 Å². The fourth-order valence-corrected chi connectivity index (χ4v) is 2.14. The number of hydrogen-bond acceptors (Lipinski definition) is 6. The van der Waals surface area contributed by atoms with Crippen molar-refractivity contribution in [2.45, 2.75) is 6.92 Å². The molecule has 24 heavy (non-hydrogen) atoms. The largest absolute Gasteiger partial charge is 0.464 e. The molecule has 2 heterocycles. The van der Waals surface area contributed by atoms with Crippen LogP contribution in [0.4, 0.5) is 10.1 Å². The third kappa shape index (κ3) is 2.94. The molecule has 7 nitrogen and oxygen atoms in total. The van der Waals surface area contributed by atoms with Crippen LogP contribution in [0.15, 0.2) is 34.9 Å². The van der Waals surface area contributed by atoms with Gasteiger partial charge in [0.25, 0.3) is 0 Å². The third-order valence-corrected chi connectivity index (χ3v) is 3.19. The highest BCUT2D eigenvalue weighted by atomic mass is 19.1. The summed E-state index contributed by atoms with van der Waals surface area (Å²) in [5, 5.41) is 2.38. The van der Waals surface area contributed by atoms with Crippen LogP contribution in [0.1, 0.15) is 17.4 Å². The van der Waals surface area contributed by atoms with Crippen LogP contribution in [0, 0.1) is 5.82 Å². The number of halogens is 1. The Hall–Kier alpha value is -3.29. The molecule has 0 radical (unpaired) electrons. The van der Waals surface area contributed by atoms with Gasteiger partial charge in [-0.2, -0.15) is 0 Å². The zero-order valence-corrected chi connectivity index (χ0v) is 12.8. The minimum atomic E-state index is -0.634. The molecule has 1 amide bonds. The smallest absolute Gasteiger partial charge is 0.356 e. The number of fused-ring (bicyclic) bond motifs is 1. The van der Waals surface area contributed by atoms with Crippen LogP contribution in [0.3, 0.4) is 0 Å². The zero-order valence-electron chi connectivity index (χ0n) is 12.8. The van der Waals surface area contributed by atoms with Gasteiger partial charge in [0.15, 0.2) is 11.4 Å². The monoisotopic (exact) mass is 329 g/mol. The van der Waals surface area contributed by atoms with Gasteiger partial charge < -0.3 is 14.5 Å². The number of nitrogens with zero attached hydrogens (tertiary/aromatic N) is 2. The van der Waals surface area contributed by atoms with Crippen molar-refractivity contribution >= 4 is 28.7 Å². The maximum absolute atomic E-state index is 13.9. The molecule has 122 valence electrons. The number of hydrogen-bond donors (Lipinski definition) is 1. The van der Waals surface area contributed by atoms with E-state index < -0.39 is 17.7 Å². The van der Waals surface area contributed by atoms with Crippen LogP contribution in [-0.2, 0) is 9.53 Å². The summed E-state index contributed by atoms with van der Waals surface area (Å²) < 4.78 is 24.1. The number of esters is 1. The van der Waals surface area contributed by atoms with Crippen LogP contribution < -0.4 is 5.32 Å². The van der Waals surface area contributed by atoms with Gasteiger partial charge in [-0.15, -0.1) is 0 Å². The van der Waals surface area contributed by atoms with E-state index in [4.69, 9.17) is 4.42 Å². The number of aromatic nitrogens is 2. The first-order valence-corrected chi connectivity index (χ1v) is 6.90. The Morgan fingerprint density at radius 1 is 1.29 bits per heavy atom. The highest BCUT2D eigenvalue weighted by molar-refractivity contribution is 5.92. The number of nitrogens with one attached hydrogen (secondary N) is 1. The summed E-state index contributed by atoms with van der Waals surface area (Å²) in [4.78, 5) is 30.8. The van der Waals surface area contributed by atoms with Gasteiger partial charge in [-0.3, -0.25) is 4.79 Å². The van der Waals surface area contributed by atoms with Crippen molar-refractivity contribution in [1.82, 2.24) is 9.97 Å². The molecule has 0 aliphatic heterocycles. The number of rotatable bonds is 3. The van der Waals surface area contributed by atoms with Gasteiger partial charge in [0.2, 0.25) is 11.8 Å². The van der Waals surface area contributed by atoms with E-state index in [1.165, 1.54) is 32.4 Å². The molecular formula is C16H12FN3O4. The quantitative estimate of drug-likeness (QED) is 0.743. The first-order chi connectivity index (χ1) is 11.5. The van der Waals surface area contributed by atoms with Gasteiger partial charge in [-0.05, 0) is 18.2 Å². The highest BCUT2D eigenvalue weighted by Crippen LogP contribution is 2.28. The Morgan fingerprint density at radius 3 is 2.79 bits per heavy atom. The van der Waals surface area contributed by atoms with Crippen molar-refractivity contribution in [2.75, 3.05) is 12.4 Å². The second kappa shape index (κ2) is 6.07. The van der Waals surface area contributed by atoms with E-state index in [0.29, 0.717) is 11.1 Å². The summed E-state index contributed by atoms with van der Waals surface area (Å²) in [6.45, 7) is 1.28. The fourth-order valence-electron chi connectivity index (χ4n) is 2.14. The Kier molecular flexibility index (Phi) is 3.95. The lowest BCUT2D eigenvalue weighted by molar-refractivity contribution is -0.114. The van der Waals surface area contributed by atoms with E-state index >= 15 is 0 Å². The SMILES string of the molecule is COC(=O)c1cc(-c2nc3cc(NC(C)=O)c(F)cc3o2)ccn1. The molecule has 0 aliphatic rings. The maximum Gasteiger partial charge on any atom is 0.356 e. The van der Waals surface area contributed by atoms with E-state index in [-0.39, 0.29) is 22.9 Å². The first-order valence-electron chi connectivity index (χ1n) is 6.90. The van der Waals surface area contributed by atoms with E-state index in [1.807, 2.05) is 0 Å². The fraction of sp³-hybridized carbons (Fsp3) is 0.125. The van der Waals surface area contributed by atoms with Crippen molar-refractivity contribution in [3.05, 3.63) is 42.0 Å². The average Bonchev–Trinajstić information content (AvgIpc) is 2.97. The molecule has 0 aliphatic carbocycles. The minimum Gasteiger partial charge on any atom is -0.464 e. The minimum absolute atomic E-state index is 0.0137. The average molecular weight is 329 g/mol. The summed E-state index contributed by atoms with van der Waals surface area (Å²) in [6.07, 6.45) is 1.42. The number of carbonyl (C=O) groups excluding carboxylic acids is 2. The number of amides is 1. The lowest BCUT2D eigenvalue weighted by Crippen LogP contribution is -2.07. The number of anilines is 1. The molecule has 3 rings (SSSR count). The van der Waals surface area contributed by atoms with Crippen molar-refractivity contribution in [1.29, 1.82) is 0 Å². The van der Waals surface area contributed by atoms with Crippen LogP contribution >= 0.6 is 0 Å². The van der Waals surface area contributed by atoms with Crippen molar-refractivity contribution in [3.8, 4) is 11.5 Å². The van der Waals surface area contributed by atoms with E-state index in [2.05, 4.69) is 20.0 Å². The number of methoxy groups -OCH3 is 1. The molecule has 0 unspecified atom stereocenters. The van der Waals surface area contributed by atoms with E-state index in [1.54, 1.807) is 6.07 Å². The summed E-state index contributed by atoms with van der Waals surface area (Å²) in [5.41, 5.74) is 1.19. The van der Waals surface area contributed by atoms with Gasteiger partial charge in [-0.25, -0.2) is 19.2 Å². The van der Waals surface area contributed by atoms with Crippen molar-refractivity contribution in [2.24, 2.45) is 0 Å². The van der Waals surface area contributed by atoms with Gasteiger partial charge in [0.1, 0.15) is 11.2 Å². The summed E-state index contributed by atoms with van der Waals surface area (Å²) in [6, 6.07) is 5.57. The molecular weight excluding hydrogens is 317 g/mol. The van der Waals surface area contributed by atoms with Gasteiger partial charge in [0, 0.05) is 24.8 Å². The van der Waals surface area contributed by atoms with E-state index in [9.17, 15) is 14.0 Å². The Bertz CT molecular complexity index is 952. The Morgan fingerprint density at radius 2 is 2.08 bits per heavy atom. The second-order valence-electron chi connectivity index (χ2n) is 4.92. The number of pyridine rings is 1. The molecule has 0 fully saturated rings. The second-order valence-corrected chi connectivity index (χ2v) is 4.92. The predicted octanol–water partition coefficient (Wildman–Crippen LogP) is 2.77. The topological polar surface area (TPSA) is 94.3 Å². The van der Waals surface area contributed by atoms with Crippen LogP contribution in [0.25, 0.3) is 22.6 Å². The third-order valence-electron chi connectivity index (χ3n) is 3.19. The van der Waals surface area contributed by atoms with Crippen LogP contribution in [-0.4, -0.2) is 29.0 Å². The van der Waals surface area contributed by atoms with Crippen LogP contribution in [0.5, 0.6) is 0 Å². The lowest BCUT2D eigenvalue weighted by atomic mass is 10.2. The van der Waals surface area contributed by atoms with E-state index in [0.717, 1.165) is 6.07 Å². The maximum atomic E-state index is 13.9. The number of benzene rings is 1. The zero-order chi connectivity index (χ0) is 17.3. The molecule has 8 heteroatoms. The van der Waals surface area contributed by atoms with Crippen molar-refractivity contribution in [3.63, 3.8) is 0 Å². The Labute approximate surface area is 135 Å². The molecule has 0 bridgehead atoms. The molecule has 0 atom stereocenters. The molecule has 0 saturated heterocycles. The Balaban J connectivity index is 2.05. The number of ether oxygens (including phenoxy) is 1. The van der Waals surface area contributed by atoms with Gasteiger partial charge >= 0.3 is 5.97 Å². The lowest BCUT2D eigenvalue weighted by Gasteiger charge is -2.02. The van der Waals surface area contributed by atoms with Crippen molar-refractivity contribution < 1.29 is 23.1 Å². The molecule has 2 aromatic heterocycles. The standard InChI is InChI=1S/C16H12FN3O4/c1-8(21)19-11-7-12-14(6-10(11)17)24-15(20-12)9-3-4-18-13(5-9)16(22)23-2/h3-7H,1-2H3,(H,19,21).